The summed E-state index contributed by atoms with van der Waals surface area (Å²) in [6, 6.07) is 7.63. The Hall–Kier alpha value is -1.77. The van der Waals surface area contributed by atoms with Crippen molar-refractivity contribution in [3.63, 3.8) is 0 Å². The SMILES string of the molecule is COc1ccc(/C=C/COC(C)=O)cc1. The summed E-state index contributed by atoms with van der Waals surface area (Å²) in [4.78, 5) is 10.5. The van der Waals surface area contributed by atoms with Gasteiger partial charge in [0, 0.05) is 6.92 Å². The van der Waals surface area contributed by atoms with Crippen molar-refractivity contribution in [1.29, 1.82) is 0 Å². The molecule has 0 unspecified atom stereocenters. The molecule has 80 valence electrons. The summed E-state index contributed by atoms with van der Waals surface area (Å²) in [5, 5.41) is 0. The van der Waals surface area contributed by atoms with Crippen LogP contribution in [0.3, 0.4) is 0 Å². The minimum absolute atomic E-state index is 0.269. The summed E-state index contributed by atoms with van der Waals surface area (Å²) in [5.41, 5.74) is 1.04. The Balaban J connectivity index is 2.46. The molecule has 0 aliphatic carbocycles. The maximum atomic E-state index is 10.5. The maximum absolute atomic E-state index is 10.5. The zero-order valence-electron chi connectivity index (χ0n) is 8.90. The molecule has 1 aromatic rings. The van der Waals surface area contributed by atoms with E-state index >= 15 is 0 Å². The van der Waals surface area contributed by atoms with Gasteiger partial charge in [0.05, 0.1) is 7.11 Å². The van der Waals surface area contributed by atoms with Crippen LogP contribution >= 0.6 is 0 Å². The molecule has 0 aliphatic rings. The molecule has 3 heteroatoms. The summed E-state index contributed by atoms with van der Waals surface area (Å²) in [7, 11) is 1.63. The molecule has 0 saturated carbocycles. The van der Waals surface area contributed by atoms with Gasteiger partial charge in [0.2, 0.25) is 0 Å². The summed E-state index contributed by atoms with van der Waals surface area (Å²) >= 11 is 0. The zero-order chi connectivity index (χ0) is 11.1. The second-order valence-corrected chi connectivity index (χ2v) is 2.98. The highest BCUT2D eigenvalue weighted by molar-refractivity contribution is 5.66. The lowest BCUT2D eigenvalue weighted by Gasteiger charge is -1.99. The second kappa shape index (κ2) is 5.86. The lowest BCUT2D eigenvalue weighted by Crippen LogP contribution is -1.97. The fraction of sp³-hybridized carbons (Fsp3) is 0.250. The molecular formula is C12H14O3. The number of ether oxygens (including phenoxy) is 2. The average Bonchev–Trinajstić information content (AvgIpc) is 2.25. The molecule has 0 saturated heterocycles. The Morgan fingerprint density at radius 3 is 2.53 bits per heavy atom. The Morgan fingerprint density at radius 1 is 1.33 bits per heavy atom. The van der Waals surface area contributed by atoms with Crippen LogP contribution in [-0.4, -0.2) is 19.7 Å². The van der Waals surface area contributed by atoms with Crippen molar-refractivity contribution in [2.24, 2.45) is 0 Å². The highest BCUT2D eigenvalue weighted by atomic mass is 16.5. The third kappa shape index (κ3) is 4.31. The molecular weight excluding hydrogens is 192 g/mol. The minimum atomic E-state index is -0.269. The van der Waals surface area contributed by atoms with E-state index in [4.69, 9.17) is 9.47 Å². The van der Waals surface area contributed by atoms with Gasteiger partial charge in [0.25, 0.3) is 0 Å². The van der Waals surface area contributed by atoms with Gasteiger partial charge in [-0.3, -0.25) is 4.79 Å². The van der Waals surface area contributed by atoms with E-state index in [1.807, 2.05) is 30.3 Å². The molecule has 0 heterocycles. The predicted octanol–water partition coefficient (Wildman–Crippen LogP) is 2.27. The number of rotatable bonds is 4. The smallest absolute Gasteiger partial charge is 0.302 e. The first-order valence-electron chi connectivity index (χ1n) is 4.66. The maximum Gasteiger partial charge on any atom is 0.302 e. The van der Waals surface area contributed by atoms with Crippen LogP contribution in [0.4, 0.5) is 0 Å². The predicted molar refractivity (Wildman–Crippen MR) is 58.7 cm³/mol. The second-order valence-electron chi connectivity index (χ2n) is 2.98. The number of hydrogen-bond donors (Lipinski definition) is 0. The molecule has 0 amide bonds. The monoisotopic (exact) mass is 206 g/mol. The van der Waals surface area contributed by atoms with Crippen LogP contribution in [-0.2, 0) is 9.53 Å². The highest BCUT2D eigenvalue weighted by Crippen LogP contribution is 2.12. The van der Waals surface area contributed by atoms with E-state index in [-0.39, 0.29) is 5.97 Å². The summed E-state index contributed by atoms with van der Waals surface area (Å²) < 4.78 is 9.79. The van der Waals surface area contributed by atoms with Crippen molar-refractivity contribution in [3.05, 3.63) is 35.9 Å². The van der Waals surface area contributed by atoms with Crippen LogP contribution in [0.25, 0.3) is 6.08 Å². The Kier molecular flexibility index (Phi) is 4.41. The average molecular weight is 206 g/mol. The fourth-order valence-electron chi connectivity index (χ4n) is 1.06. The normalized spacial score (nSPS) is 10.3. The molecule has 0 spiro atoms. The molecule has 1 aromatic carbocycles. The number of hydrogen-bond acceptors (Lipinski definition) is 3. The zero-order valence-corrected chi connectivity index (χ0v) is 8.90. The van der Waals surface area contributed by atoms with Gasteiger partial charge in [-0.2, -0.15) is 0 Å². The molecule has 3 nitrogen and oxygen atoms in total. The number of methoxy groups -OCH3 is 1. The van der Waals surface area contributed by atoms with E-state index in [0.717, 1.165) is 11.3 Å². The van der Waals surface area contributed by atoms with Crippen molar-refractivity contribution in [2.45, 2.75) is 6.92 Å². The van der Waals surface area contributed by atoms with Gasteiger partial charge >= 0.3 is 5.97 Å². The number of benzene rings is 1. The van der Waals surface area contributed by atoms with Crippen LogP contribution < -0.4 is 4.74 Å². The molecule has 1 rings (SSSR count). The van der Waals surface area contributed by atoms with Crippen molar-refractivity contribution in [2.75, 3.05) is 13.7 Å². The van der Waals surface area contributed by atoms with Crippen LogP contribution in [0.15, 0.2) is 30.3 Å². The first-order chi connectivity index (χ1) is 7.22. The van der Waals surface area contributed by atoms with Crippen LogP contribution in [0, 0.1) is 0 Å². The molecule has 0 atom stereocenters. The van der Waals surface area contributed by atoms with E-state index in [0.29, 0.717) is 6.61 Å². The minimum Gasteiger partial charge on any atom is -0.497 e. The topological polar surface area (TPSA) is 35.5 Å². The van der Waals surface area contributed by atoms with Crippen LogP contribution in [0.5, 0.6) is 5.75 Å². The van der Waals surface area contributed by atoms with E-state index in [9.17, 15) is 4.79 Å². The van der Waals surface area contributed by atoms with E-state index in [1.54, 1.807) is 13.2 Å². The van der Waals surface area contributed by atoms with Crippen molar-refractivity contribution < 1.29 is 14.3 Å². The Morgan fingerprint density at radius 2 is 2.00 bits per heavy atom. The van der Waals surface area contributed by atoms with Crippen molar-refractivity contribution in [3.8, 4) is 5.75 Å². The number of carbonyl (C=O) groups is 1. The van der Waals surface area contributed by atoms with Crippen LogP contribution in [0.2, 0.25) is 0 Å². The largest absolute Gasteiger partial charge is 0.497 e. The summed E-state index contributed by atoms with van der Waals surface area (Å²) in [5.74, 6) is 0.557. The van der Waals surface area contributed by atoms with Gasteiger partial charge < -0.3 is 9.47 Å². The van der Waals surface area contributed by atoms with Crippen LogP contribution in [0.1, 0.15) is 12.5 Å². The first kappa shape index (κ1) is 11.3. The van der Waals surface area contributed by atoms with Gasteiger partial charge in [-0.1, -0.05) is 18.2 Å². The summed E-state index contributed by atoms with van der Waals surface area (Å²) in [6.45, 7) is 1.70. The molecule has 0 radical (unpaired) electrons. The van der Waals surface area contributed by atoms with Crippen molar-refractivity contribution in [1.82, 2.24) is 0 Å². The van der Waals surface area contributed by atoms with Gasteiger partial charge in [-0.05, 0) is 23.8 Å². The third-order valence-electron chi connectivity index (χ3n) is 1.81. The number of esters is 1. The summed E-state index contributed by atoms with van der Waals surface area (Å²) in [6.07, 6.45) is 3.69. The Bertz CT molecular complexity index is 338. The standard InChI is InChI=1S/C12H14O3/c1-10(13)15-9-3-4-11-5-7-12(14-2)8-6-11/h3-8H,9H2,1-2H3/b4-3+. The molecule has 0 fully saturated rings. The van der Waals surface area contributed by atoms with Crippen molar-refractivity contribution >= 4 is 12.0 Å². The molecule has 0 aromatic heterocycles. The van der Waals surface area contributed by atoms with E-state index in [1.165, 1.54) is 6.92 Å². The Labute approximate surface area is 89.3 Å². The lowest BCUT2D eigenvalue weighted by molar-refractivity contribution is -0.139. The van der Waals surface area contributed by atoms with Gasteiger partial charge in [-0.15, -0.1) is 0 Å². The van der Waals surface area contributed by atoms with E-state index in [2.05, 4.69) is 0 Å². The third-order valence-corrected chi connectivity index (χ3v) is 1.81. The molecule has 0 bridgehead atoms. The fourth-order valence-corrected chi connectivity index (χ4v) is 1.06. The molecule has 0 N–H and O–H groups in total. The van der Waals surface area contributed by atoms with Gasteiger partial charge in [-0.25, -0.2) is 0 Å². The van der Waals surface area contributed by atoms with Gasteiger partial charge in [0.1, 0.15) is 12.4 Å². The van der Waals surface area contributed by atoms with E-state index < -0.39 is 0 Å². The quantitative estimate of drug-likeness (QED) is 0.709. The first-order valence-corrected chi connectivity index (χ1v) is 4.66. The molecule has 15 heavy (non-hydrogen) atoms. The highest BCUT2D eigenvalue weighted by Gasteiger charge is 1.90. The van der Waals surface area contributed by atoms with Gasteiger partial charge in [0.15, 0.2) is 0 Å². The lowest BCUT2D eigenvalue weighted by atomic mass is 10.2. The number of carbonyl (C=O) groups excluding carboxylic acids is 1. The molecule has 0 aliphatic heterocycles.